The van der Waals surface area contributed by atoms with Crippen LogP contribution in [-0.2, 0) is 9.30 Å². The second kappa shape index (κ2) is 4.62. The topological polar surface area (TPSA) is 66.8 Å². The summed E-state index contributed by atoms with van der Waals surface area (Å²) >= 11 is 0. The van der Waals surface area contributed by atoms with E-state index in [1.165, 1.54) is 6.92 Å². The minimum absolute atomic E-state index is 0. The summed E-state index contributed by atoms with van der Waals surface area (Å²) in [6.07, 6.45) is 0.370. The lowest BCUT2D eigenvalue weighted by molar-refractivity contribution is -0.115. The maximum absolute atomic E-state index is 11.3. The van der Waals surface area contributed by atoms with Crippen molar-refractivity contribution in [3.05, 3.63) is 0 Å². The van der Waals surface area contributed by atoms with Crippen molar-refractivity contribution in [1.82, 2.24) is 0 Å². The number of hydrogen-bond acceptors (Lipinski definition) is 4. The normalized spacial score (nSPS) is 48.2. The average molecular weight is 259 g/mol. The Morgan fingerprint density at radius 3 is 2.59 bits per heavy atom. The van der Waals surface area contributed by atoms with Gasteiger partial charge in [-0.3, -0.25) is 0 Å². The molecule has 17 heavy (non-hydrogen) atoms. The van der Waals surface area contributed by atoms with Crippen molar-refractivity contribution in [2.45, 2.75) is 50.8 Å². The summed E-state index contributed by atoms with van der Waals surface area (Å²) in [6, 6.07) is 0. The molecule has 2 saturated carbocycles. The molecule has 0 bridgehead atoms. The Balaban J connectivity index is 0.00000144. The van der Waals surface area contributed by atoms with Gasteiger partial charge in [0.15, 0.2) is 0 Å². The van der Waals surface area contributed by atoms with Crippen molar-refractivity contribution in [2.24, 2.45) is 5.92 Å². The van der Waals surface area contributed by atoms with Crippen LogP contribution in [0, 0.1) is 5.92 Å². The van der Waals surface area contributed by atoms with Gasteiger partial charge in [-0.15, -0.1) is 0 Å². The molecule has 6 atom stereocenters. The van der Waals surface area contributed by atoms with Gasteiger partial charge in [0.25, 0.3) is 0 Å². The fraction of sp³-hybridized carbons (Fsp3) is 1.00. The summed E-state index contributed by atoms with van der Waals surface area (Å²) in [5.74, 6) is -0.486. The van der Waals surface area contributed by atoms with E-state index >= 15 is 0 Å². The van der Waals surface area contributed by atoms with E-state index in [4.69, 9.17) is 12.6 Å². The standard InChI is InChI=1S/C10H17BO4P.CH4/c1-3-16(14)5-15-10-4-6(10)7(11)9(2,13)8(10)12;/h6-8,12-13H,3-5H2,1-2H3;1H4/q+1;/t6-,7-,8+,9+,10?;/m1./s1. The van der Waals surface area contributed by atoms with Gasteiger partial charge in [-0.25, -0.2) is 0 Å². The van der Waals surface area contributed by atoms with Crippen LogP contribution in [0.4, 0.5) is 0 Å². The molecule has 6 heteroatoms. The number of ether oxygens (including phenoxy) is 1. The van der Waals surface area contributed by atoms with Gasteiger partial charge in [-0.1, -0.05) is 12.0 Å². The second-order valence-corrected chi connectivity index (χ2v) is 6.85. The maximum Gasteiger partial charge on any atom is 0.366 e. The third kappa shape index (κ3) is 2.08. The van der Waals surface area contributed by atoms with Crippen LogP contribution in [-0.4, -0.2) is 47.9 Å². The highest BCUT2D eigenvalue weighted by Crippen LogP contribution is 2.66. The molecular formula is C11H21BO4P+. The summed E-state index contributed by atoms with van der Waals surface area (Å²) in [6.45, 7) is 3.36. The average Bonchev–Trinajstić information content (AvgIpc) is 2.95. The van der Waals surface area contributed by atoms with Crippen LogP contribution in [0.1, 0.15) is 27.7 Å². The van der Waals surface area contributed by atoms with Crippen molar-refractivity contribution >= 4 is 15.6 Å². The summed E-state index contributed by atoms with van der Waals surface area (Å²) in [5.41, 5.74) is -2.05. The predicted molar refractivity (Wildman–Crippen MR) is 67.8 cm³/mol. The van der Waals surface area contributed by atoms with E-state index in [9.17, 15) is 14.8 Å². The highest BCUT2D eigenvalue weighted by molar-refractivity contribution is 7.44. The Bertz CT molecular complexity index is 323. The van der Waals surface area contributed by atoms with Gasteiger partial charge in [0.05, 0.1) is 13.4 Å². The largest absolute Gasteiger partial charge is 0.388 e. The molecule has 2 aliphatic carbocycles. The van der Waals surface area contributed by atoms with Crippen LogP contribution >= 0.6 is 7.80 Å². The smallest absolute Gasteiger partial charge is 0.366 e. The Labute approximate surface area is 105 Å². The van der Waals surface area contributed by atoms with Gasteiger partial charge < -0.3 is 14.9 Å². The van der Waals surface area contributed by atoms with Crippen LogP contribution in [0.2, 0.25) is 5.82 Å². The number of aliphatic hydroxyl groups is 2. The zero-order valence-electron chi connectivity index (χ0n) is 9.59. The minimum Gasteiger partial charge on any atom is -0.388 e. The molecule has 2 fully saturated rings. The Hall–Kier alpha value is 0.0449. The molecule has 0 heterocycles. The molecule has 96 valence electrons. The molecule has 0 saturated heterocycles. The highest BCUT2D eigenvalue weighted by Gasteiger charge is 2.75. The number of hydrogen-bond donors (Lipinski definition) is 2. The quantitative estimate of drug-likeness (QED) is 0.589. The fourth-order valence-electron chi connectivity index (χ4n) is 2.64. The van der Waals surface area contributed by atoms with Crippen molar-refractivity contribution in [2.75, 3.05) is 12.5 Å². The Morgan fingerprint density at radius 1 is 1.59 bits per heavy atom. The van der Waals surface area contributed by atoms with Crippen LogP contribution < -0.4 is 0 Å². The summed E-state index contributed by atoms with van der Waals surface area (Å²) in [7, 11) is 4.48. The van der Waals surface area contributed by atoms with E-state index in [0.29, 0.717) is 12.6 Å². The van der Waals surface area contributed by atoms with Crippen LogP contribution in [0.3, 0.4) is 0 Å². The first-order valence-corrected chi connectivity index (χ1v) is 7.21. The van der Waals surface area contributed by atoms with Crippen molar-refractivity contribution in [3.63, 3.8) is 0 Å². The molecule has 0 amide bonds. The maximum atomic E-state index is 11.3. The van der Waals surface area contributed by atoms with Crippen molar-refractivity contribution in [3.8, 4) is 0 Å². The zero-order valence-corrected chi connectivity index (χ0v) is 10.5. The molecule has 0 aromatic carbocycles. The molecule has 0 aromatic rings. The predicted octanol–water partition coefficient (Wildman–Crippen LogP) is 1.29. The Kier molecular flexibility index (Phi) is 4.10. The molecule has 4 nitrogen and oxygen atoms in total. The molecule has 2 N–H and O–H groups in total. The molecule has 2 radical (unpaired) electrons. The van der Waals surface area contributed by atoms with E-state index in [0.717, 1.165) is 0 Å². The van der Waals surface area contributed by atoms with Gasteiger partial charge in [0, 0.05) is 0 Å². The van der Waals surface area contributed by atoms with Gasteiger partial charge in [0.2, 0.25) is 6.35 Å². The Morgan fingerprint density at radius 2 is 2.18 bits per heavy atom. The molecule has 0 aromatic heterocycles. The molecule has 0 spiro atoms. The van der Waals surface area contributed by atoms with E-state index in [1.807, 2.05) is 6.92 Å². The van der Waals surface area contributed by atoms with Crippen LogP contribution in [0.25, 0.3) is 0 Å². The van der Waals surface area contributed by atoms with Gasteiger partial charge in [-0.05, 0) is 32.0 Å². The first-order valence-electron chi connectivity index (χ1n) is 5.58. The lowest BCUT2D eigenvalue weighted by atomic mass is 9.73. The molecule has 0 aliphatic heterocycles. The monoisotopic (exact) mass is 259 g/mol. The lowest BCUT2D eigenvalue weighted by Crippen LogP contribution is -2.46. The highest BCUT2D eigenvalue weighted by atomic mass is 31.1. The molecule has 2 rings (SSSR count). The second-order valence-electron chi connectivity index (χ2n) is 4.99. The van der Waals surface area contributed by atoms with Gasteiger partial charge in [0.1, 0.15) is 17.9 Å². The fourth-order valence-corrected chi connectivity index (χ4v) is 3.21. The van der Waals surface area contributed by atoms with E-state index in [2.05, 4.69) is 0 Å². The summed E-state index contributed by atoms with van der Waals surface area (Å²) in [5, 5.41) is 20.0. The summed E-state index contributed by atoms with van der Waals surface area (Å²) < 4.78 is 16.9. The van der Waals surface area contributed by atoms with Crippen LogP contribution in [0.5, 0.6) is 0 Å². The van der Waals surface area contributed by atoms with E-state index in [-0.39, 0.29) is 19.7 Å². The molecule has 2 unspecified atom stereocenters. The van der Waals surface area contributed by atoms with Crippen LogP contribution in [0.15, 0.2) is 0 Å². The SMILES string of the molecule is C.[B][C@@H]1[C@H]2CC2(OC[P+](=O)CC)[C@@H](O)[C@@]1(C)O. The van der Waals surface area contributed by atoms with Gasteiger partial charge in [-0.2, -0.15) is 0 Å². The number of aliphatic hydroxyl groups excluding tert-OH is 1. The van der Waals surface area contributed by atoms with E-state index in [1.54, 1.807) is 0 Å². The van der Waals surface area contributed by atoms with E-state index < -0.39 is 30.9 Å². The third-order valence-corrected chi connectivity index (χ3v) is 5.08. The third-order valence-electron chi connectivity index (χ3n) is 3.96. The minimum atomic E-state index is -1.37. The number of fused-ring (bicyclic) bond motifs is 1. The first-order chi connectivity index (χ1) is 7.36. The first kappa shape index (κ1) is 15.1. The van der Waals surface area contributed by atoms with Crippen molar-refractivity contribution < 1.29 is 19.5 Å². The molecular weight excluding hydrogens is 238 g/mol. The van der Waals surface area contributed by atoms with Crippen molar-refractivity contribution in [1.29, 1.82) is 0 Å². The molecule has 2 aliphatic rings. The lowest BCUT2D eigenvalue weighted by Gasteiger charge is -2.31. The number of rotatable bonds is 4. The van der Waals surface area contributed by atoms with Gasteiger partial charge >= 0.3 is 7.80 Å². The zero-order chi connectivity index (χ0) is 12.1. The summed E-state index contributed by atoms with van der Waals surface area (Å²) in [4.78, 5) is 0.